The van der Waals surface area contributed by atoms with E-state index in [1.807, 2.05) is 4.90 Å². The Balaban J connectivity index is 2.28. The predicted molar refractivity (Wildman–Crippen MR) is 61.9 cm³/mol. The summed E-state index contributed by atoms with van der Waals surface area (Å²) in [5.41, 5.74) is 6.61. The maximum absolute atomic E-state index is 12.3. The molecule has 0 aliphatic carbocycles. The smallest absolute Gasteiger partial charge is 0.276 e. The molecule has 2 N–H and O–H groups in total. The second-order valence-corrected chi connectivity index (χ2v) is 4.59. The Hall–Kier alpha value is -1.52. The van der Waals surface area contributed by atoms with Gasteiger partial charge in [-0.3, -0.25) is 9.48 Å². The van der Waals surface area contributed by atoms with Crippen molar-refractivity contribution in [3.05, 3.63) is 11.9 Å². The Kier molecular flexibility index (Phi) is 2.61. The van der Waals surface area contributed by atoms with Crippen molar-refractivity contribution < 1.29 is 4.79 Å². The minimum absolute atomic E-state index is 0.0457. The third-order valence-electron chi connectivity index (χ3n) is 3.25. The number of carbonyl (C=O) groups excluding carboxylic acids is 1. The fourth-order valence-corrected chi connectivity index (χ4v) is 2.39. The van der Waals surface area contributed by atoms with Gasteiger partial charge in [-0.2, -0.15) is 5.10 Å². The number of aryl methyl sites for hydroxylation is 1. The number of nitrogens with two attached hydrogens (primary N) is 1. The Morgan fingerprint density at radius 1 is 1.44 bits per heavy atom. The first kappa shape index (κ1) is 11.0. The first-order valence-electron chi connectivity index (χ1n) is 5.62. The van der Waals surface area contributed by atoms with Crippen LogP contribution in [0.5, 0.6) is 0 Å². The van der Waals surface area contributed by atoms with Gasteiger partial charge in [0.05, 0.1) is 5.69 Å². The fourth-order valence-electron chi connectivity index (χ4n) is 2.39. The SMILES string of the molecule is CC1CCC(C)N1C(=O)c1nn(C)cc1N. The molecule has 16 heavy (non-hydrogen) atoms. The largest absolute Gasteiger partial charge is 0.396 e. The molecule has 0 bridgehead atoms. The van der Waals surface area contributed by atoms with Crippen LogP contribution in [0.3, 0.4) is 0 Å². The van der Waals surface area contributed by atoms with Gasteiger partial charge in [-0.15, -0.1) is 0 Å². The number of amides is 1. The molecule has 0 saturated carbocycles. The summed E-state index contributed by atoms with van der Waals surface area (Å²) in [7, 11) is 1.77. The normalized spacial score (nSPS) is 25.1. The van der Waals surface area contributed by atoms with Crippen LogP contribution in [0.15, 0.2) is 6.20 Å². The molecule has 1 saturated heterocycles. The molecule has 2 unspecified atom stereocenters. The van der Waals surface area contributed by atoms with Gasteiger partial charge in [-0.25, -0.2) is 0 Å². The summed E-state index contributed by atoms with van der Waals surface area (Å²) in [5, 5.41) is 4.12. The van der Waals surface area contributed by atoms with Gasteiger partial charge in [0.2, 0.25) is 0 Å². The molecule has 1 fully saturated rings. The first-order chi connectivity index (χ1) is 7.50. The Morgan fingerprint density at radius 3 is 2.44 bits per heavy atom. The summed E-state index contributed by atoms with van der Waals surface area (Å²) >= 11 is 0. The number of likely N-dealkylation sites (tertiary alicyclic amines) is 1. The molecule has 1 aromatic heterocycles. The lowest BCUT2D eigenvalue weighted by Crippen LogP contribution is -2.39. The van der Waals surface area contributed by atoms with E-state index in [2.05, 4.69) is 18.9 Å². The number of hydrogen-bond donors (Lipinski definition) is 1. The molecule has 1 aromatic rings. The maximum Gasteiger partial charge on any atom is 0.276 e. The maximum atomic E-state index is 12.3. The number of nitrogen functional groups attached to an aromatic ring is 1. The zero-order chi connectivity index (χ0) is 11.9. The topological polar surface area (TPSA) is 64.2 Å². The lowest BCUT2D eigenvalue weighted by molar-refractivity contribution is 0.0687. The van der Waals surface area contributed by atoms with E-state index in [1.165, 1.54) is 0 Å². The van der Waals surface area contributed by atoms with Crippen LogP contribution in [0.4, 0.5) is 5.69 Å². The van der Waals surface area contributed by atoms with Crippen molar-refractivity contribution in [1.29, 1.82) is 0 Å². The van der Waals surface area contributed by atoms with Crippen molar-refractivity contribution >= 4 is 11.6 Å². The standard InChI is InChI=1S/C11H18N4O/c1-7-4-5-8(2)15(7)11(16)10-9(12)6-14(3)13-10/h6-8H,4-5,12H2,1-3H3. The highest BCUT2D eigenvalue weighted by atomic mass is 16.2. The summed E-state index contributed by atoms with van der Waals surface area (Å²) in [6, 6.07) is 0.563. The van der Waals surface area contributed by atoms with E-state index < -0.39 is 0 Å². The van der Waals surface area contributed by atoms with Gasteiger partial charge in [0.25, 0.3) is 5.91 Å². The predicted octanol–water partition coefficient (Wildman–Crippen LogP) is 1.02. The van der Waals surface area contributed by atoms with Crippen LogP contribution in [0.1, 0.15) is 37.2 Å². The van der Waals surface area contributed by atoms with Gasteiger partial charge < -0.3 is 10.6 Å². The van der Waals surface area contributed by atoms with Crippen molar-refractivity contribution in [2.24, 2.45) is 7.05 Å². The van der Waals surface area contributed by atoms with Crippen LogP contribution in [0, 0.1) is 0 Å². The number of nitrogens with zero attached hydrogens (tertiary/aromatic N) is 3. The van der Waals surface area contributed by atoms with Gasteiger partial charge in [-0.1, -0.05) is 0 Å². The quantitative estimate of drug-likeness (QED) is 0.771. The average molecular weight is 222 g/mol. The molecule has 0 spiro atoms. The Labute approximate surface area is 95.2 Å². The second kappa shape index (κ2) is 3.81. The number of aromatic nitrogens is 2. The first-order valence-corrected chi connectivity index (χ1v) is 5.62. The van der Waals surface area contributed by atoms with Crippen LogP contribution >= 0.6 is 0 Å². The summed E-state index contributed by atoms with van der Waals surface area (Å²) in [6.07, 6.45) is 3.78. The Morgan fingerprint density at radius 2 is 2.00 bits per heavy atom. The number of hydrogen-bond acceptors (Lipinski definition) is 3. The van der Waals surface area contributed by atoms with Gasteiger partial charge in [0.15, 0.2) is 5.69 Å². The summed E-state index contributed by atoms with van der Waals surface area (Å²) < 4.78 is 1.58. The van der Waals surface area contributed by atoms with Gasteiger partial charge in [-0.05, 0) is 26.7 Å². The second-order valence-electron chi connectivity index (χ2n) is 4.59. The number of rotatable bonds is 1. The minimum Gasteiger partial charge on any atom is -0.396 e. The van der Waals surface area contributed by atoms with E-state index >= 15 is 0 Å². The zero-order valence-electron chi connectivity index (χ0n) is 9.97. The average Bonchev–Trinajstić information content (AvgIpc) is 2.70. The molecular weight excluding hydrogens is 204 g/mol. The molecule has 0 aromatic carbocycles. The van der Waals surface area contributed by atoms with E-state index in [1.54, 1.807) is 17.9 Å². The summed E-state index contributed by atoms with van der Waals surface area (Å²) in [5.74, 6) is -0.0457. The molecule has 0 radical (unpaired) electrons. The molecule has 2 heterocycles. The third kappa shape index (κ3) is 1.66. The van der Waals surface area contributed by atoms with E-state index in [4.69, 9.17) is 5.73 Å². The van der Waals surface area contributed by atoms with Crippen LogP contribution in [-0.2, 0) is 7.05 Å². The Bertz CT molecular complexity index is 402. The van der Waals surface area contributed by atoms with E-state index in [-0.39, 0.29) is 18.0 Å². The highest BCUT2D eigenvalue weighted by Crippen LogP contribution is 2.26. The number of carbonyl (C=O) groups is 1. The number of anilines is 1. The monoisotopic (exact) mass is 222 g/mol. The van der Waals surface area contributed by atoms with Crippen molar-refractivity contribution in [3.8, 4) is 0 Å². The van der Waals surface area contributed by atoms with Crippen LogP contribution in [0.2, 0.25) is 0 Å². The van der Waals surface area contributed by atoms with Crippen LogP contribution < -0.4 is 5.73 Å². The summed E-state index contributed by atoms with van der Waals surface area (Å²) in [4.78, 5) is 14.2. The van der Waals surface area contributed by atoms with E-state index in [9.17, 15) is 4.79 Å². The molecule has 88 valence electrons. The molecule has 5 nitrogen and oxygen atoms in total. The van der Waals surface area contributed by atoms with Crippen molar-refractivity contribution in [2.45, 2.75) is 38.8 Å². The van der Waals surface area contributed by atoms with Crippen molar-refractivity contribution in [3.63, 3.8) is 0 Å². The molecular formula is C11H18N4O. The summed E-state index contributed by atoms with van der Waals surface area (Å²) in [6.45, 7) is 4.14. The lowest BCUT2D eigenvalue weighted by Gasteiger charge is -2.25. The molecule has 1 aliphatic heterocycles. The lowest BCUT2D eigenvalue weighted by atomic mass is 10.2. The van der Waals surface area contributed by atoms with Gasteiger partial charge in [0, 0.05) is 25.3 Å². The minimum atomic E-state index is -0.0457. The van der Waals surface area contributed by atoms with Crippen LogP contribution in [0.25, 0.3) is 0 Å². The fraction of sp³-hybridized carbons (Fsp3) is 0.636. The van der Waals surface area contributed by atoms with Crippen LogP contribution in [-0.4, -0.2) is 32.7 Å². The third-order valence-corrected chi connectivity index (χ3v) is 3.25. The van der Waals surface area contributed by atoms with Crippen molar-refractivity contribution in [1.82, 2.24) is 14.7 Å². The molecule has 2 atom stereocenters. The molecule has 5 heteroatoms. The van der Waals surface area contributed by atoms with E-state index in [0.717, 1.165) is 12.8 Å². The molecule has 1 aliphatic rings. The zero-order valence-corrected chi connectivity index (χ0v) is 9.97. The highest BCUT2D eigenvalue weighted by molar-refractivity contribution is 5.97. The highest BCUT2D eigenvalue weighted by Gasteiger charge is 2.33. The molecule has 1 amide bonds. The van der Waals surface area contributed by atoms with Gasteiger partial charge >= 0.3 is 0 Å². The van der Waals surface area contributed by atoms with Gasteiger partial charge in [0.1, 0.15) is 0 Å². The molecule has 2 rings (SSSR count). The van der Waals surface area contributed by atoms with Crippen molar-refractivity contribution in [2.75, 3.05) is 5.73 Å². The van der Waals surface area contributed by atoms with E-state index in [0.29, 0.717) is 11.4 Å².